The van der Waals surface area contributed by atoms with Crippen molar-refractivity contribution in [2.24, 2.45) is 5.92 Å². The third kappa shape index (κ3) is 11.8. The number of esters is 2. The Morgan fingerprint density at radius 1 is 0.535 bits per heavy atom. The zero-order valence-electron chi connectivity index (χ0n) is 38.2. The number of carboxylic acids is 1. The zero-order chi connectivity index (χ0) is 49.4. The number of thiophene rings is 3. The predicted molar refractivity (Wildman–Crippen MR) is 274 cm³/mol. The van der Waals surface area contributed by atoms with Crippen LogP contribution in [0.3, 0.4) is 0 Å². The molecule has 3 heterocycles. The van der Waals surface area contributed by atoms with Crippen molar-refractivity contribution in [3.63, 3.8) is 0 Å². The molecule has 9 nitrogen and oxygen atoms in total. The standard InChI is InChI=1S/C58H45FO9S3/c59-43-25-23-35(24-26-43)27-46(60)48-29-41(56(69-48)38-17-8-3-9-18-38)33-52(63)67-44-20-12-19-39(28-44)57-42(31-49(70-57)54(65)36-13-4-1-5-14-36)34-53(64)68-47-22-11-10-21-45(47)58-40(32-51(61)62)30-50(71-58)55(66)37-15-6-2-7-16-37/h1,3-5,8-14,17-26,28-31,37H,2,6-7,15-16,27,32-34H2,(H,61,62). The molecule has 1 aliphatic rings. The van der Waals surface area contributed by atoms with E-state index in [2.05, 4.69) is 0 Å². The smallest absolute Gasteiger partial charge is 0.315 e. The van der Waals surface area contributed by atoms with Gasteiger partial charge in [0, 0.05) is 38.1 Å². The molecule has 0 bridgehead atoms. The molecule has 9 rings (SSSR count). The molecule has 0 radical (unpaired) electrons. The summed E-state index contributed by atoms with van der Waals surface area (Å²) in [5.74, 6) is -2.77. The number of para-hydroxylation sites is 1. The molecule has 3 aromatic heterocycles. The summed E-state index contributed by atoms with van der Waals surface area (Å²) in [6.07, 6.45) is 3.98. The van der Waals surface area contributed by atoms with Gasteiger partial charge in [0.15, 0.2) is 11.6 Å². The molecule has 13 heteroatoms. The lowest BCUT2D eigenvalue weighted by Crippen LogP contribution is -2.16. The highest BCUT2D eigenvalue weighted by atomic mass is 32.1. The summed E-state index contributed by atoms with van der Waals surface area (Å²) in [4.78, 5) is 84.1. The first-order valence-electron chi connectivity index (χ1n) is 23.1. The first-order chi connectivity index (χ1) is 34.4. The SMILES string of the molecule is O=C(O)Cc1cc(C(=O)C2CCCCC2)sc1-c1ccccc1OC(=O)Cc1cc(C(=O)c2ccccc2)sc1-c1cccc(OC(=O)Cc2cc(C(=O)Cc3ccc(F)cc3)sc2-c2ccccc2)c1. The summed E-state index contributed by atoms with van der Waals surface area (Å²) >= 11 is 3.69. The first kappa shape index (κ1) is 48.6. The molecule has 0 atom stereocenters. The number of ether oxygens (including phenoxy) is 2. The first-order valence-corrected chi connectivity index (χ1v) is 25.6. The minimum atomic E-state index is -1.05. The number of carbonyl (C=O) groups excluding carboxylic acids is 5. The molecule has 8 aromatic rings. The molecular formula is C58H45FO9S3. The van der Waals surface area contributed by atoms with Gasteiger partial charge in [-0.15, -0.1) is 34.0 Å². The molecule has 0 aliphatic heterocycles. The van der Waals surface area contributed by atoms with E-state index in [4.69, 9.17) is 9.47 Å². The zero-order valence-corrected chi connectivity index (χ0v) is 40.6. The van der Waals surface area contributed by atoms with Crippen molar-refractivity contribution in [3.8, 4) is 42.8 Å². The van der Waals surface area contributed by atoms with E-state index >= 15 is 0 Å². The van der Waals surface area contributed by atoms with Crippen LogP contribution in [0.4, 0.5) is 4.39 Å². The van der Waals surface area contributed by atoms with E-state index in [-0.39, 0.29) is 60.4 Å². The van der Waals surface area contributed by atoms with Crippen LogP contribution in [0.1, 0.15) is 88.9 Å². The average Bonchev–Trinajstić information content (AvgIpc) is 4.12. The summed E-state index contributed by atoms with van der Waals surface area (Å²) in [6, 6.07) is 42.7. The minimum absolute atomic E-state index is 0.00832. The lowest BCUT2D eigenvalue weighted by atomic mass is 9.85. The van der Waals surface area contributed by atoms with Crippen LogP contribution >= 0.6 is 34.0 Å². The van der Waals surface area contributed by atoms with E-state index < -0.39 is 23.7 Å². The van der Waals surface area contributed by atoms with Crippen LogP contribution in [0.25, 0.3) is 31.3 Å². The number of benzene rings is 5. The largest absolute Gasteiger partial charge is 0.481 e. The highest BCUT2D eigenvalue weighted by molar-refractivity contribution is 7.18. The second-order valence-corrected chi connectivity index (χ2v) is 20.4. The van der Waals surface area contributed by atoms with Gasteiger partial charge in [-0.1, -0.05) is 116 Å². The normalized spacial score (nSPS) is 12.6. The fourth-order valence-electron chi connectivity index (χ4n) is 8.77. The Morgan fingerprint density at radius 3 is 1.83 bits per heavy atom. The van der Waals surface area contributed by atoms with Gasteiger partial charge in [-0.2, -0.15) is 0 Å². The lowest BCUT2D eigenvalue weighted by Gasteiger charge is -2.19. The van der Waals surface area contributed by atoms with E-state index in [0.29, 0.717) is 63.3 Å². The monoisotopic (exact) mass is 1000 g/mol. The van der Waals surface area contributed by atoms with Crippen LogP contribution in [0.5, 0.6) is 11.5 Å². The molecule has 71 heavy (non-hydrogen) atoms. The highest BCUT2D eigenvalue weighted by Crippen LogP contribution is 2.42. The van der Waals surface area contributed by atoms with Crippen LogP contribution in [0.2, 0.25) is 0 Å². The predicted octanol–water partition coefficient (Wildman–Crippen LogP) is 13.4. The van der Waals surface area contributed by atoms with Crippen LogP contribution in [-0.4, -0.2) is 40.4 Å². The molecule has 356 valence electrons. The van der Waals surface area contributed by atoms with Crippen molar-refractivity contribution in [3.05, 3.63) is 200 Å². The number of rotatable bonds is 18. The van der Waals surface area contributed by atoms with Gasteiger partial charge in [0.1, 0.15) is 17.3 Å². The maximum Gasteiger partial charge on any atom is 0.315 e. The molecule has 1 aliphatic carbocycles. The van der Waals surface area contributed by atoms with Gasteiger partial charge in [0.05, 0.1) is 33.9 Å². The highest BCUT2D eigenvalue weighted by Gasteiger charge is 2.28. The maximum atomic E-state index is 14.1. The van der Waals surface area contributed by atoms with Gasteiger partial charge in [-0.3, -0.25) is 28.8 Å². The van der Waals surface area contributed by atoms with Crippen molar-refractivity contribution < 1.29 is 47.7 Å². The summed E-state index contributed by atoms with van der Waals surface area (Å²) < 4.78 is 25.6. The van der Waals surface area contributed by atoms with Crippen LogP contribution in [0.15, 0.2) is 152 Å². The number of aliphatic carboxylic acids is 1. The van der Waals surface area contributed by atoms with E-state index in [1.54, 1.807) is 103 Å². The Labute approximate surface area is 421 Å². The number of hydrogen-bond acceptors (Lipinski definition) is 11. The molecule has 1 N–H and O–H groups in total. The van der Waals surface area contributed by atoms with Crippen molar-refractivity contribution >= 4 is 69.3 Å². The van der Waals surface area contributed by atoms with Crippen molar-refractivity contribution in [1.29, 1.82) is 0 Å². The second-order valence-electron chi connectivity index (χ2n) is 17.3. The topological polar surface area (TPSA) is 141 Å². The molecule has 1 saturated carbocycles. The molecule has 0 amide bonds. The van der Waals surface area contributed by atoms with E-state index in [1.807, 2.05) is 36.4 Å². The number of ketones is 3. The molecular weight excluding hydrogens is 956 g/mol. The number of hydrogen-bond donors (Lipinski definition) is 1. The Kier molecular flexibility index (Phi) is 15.1. The van der Waals surface area contributed by atoms with Gasteiger partial charge in [-0.05, 0) is 101 Å². The quantitative estimate of drug-likeness (QED) is 0.0505. The third-order valence-corrected chi connectivity index (χ3v) is 15.9. The van der Waals surface area contributed by atoms with E-state index in [1.165, 1.54) is 46.1 Å². The maximum absolute atomic E-state index is 14.1. The van der Waals surface area contributed by atoms with Crippen molar-refractivity contribution in [2.45, 2.75) is 57.8 Å². The number of halogens is 1. The van der Waals surface area contributed by atoms with E-state index in [0.717, 1.165) is 42.5 Å². The van der Waals surface area contributed by atoms with Gasteiger partial charge in [0.2, 0.25) is 5.78 Å². The Hall–Kier alpha value is -7.45. The molecule has 0 saturated heterocycles. The third-order valence-electron chi connectivity index (χ3n) is 12.2. The molecule has 0 unspecified atom stereocenters. The lowest BCUT2D eigenvalue weighted by molar-refractivity contribution is -0.136. The fourth-order valence-corrected chi connectivity index (χ4v) is 12.3. The Morgan fingerprint density at radius 2 is 1.11 bits per heavy atom. The Bertz CT molecular complexity index is 3270. The number of carbonyl (C=O) groups is 6. The summed E-state index contributed by atoms with van der Waals surface area (Å²) in [5, 5.41) is 9.85. The minimum Gasteiger partial charge on any atom is -0.481 e. The second kappa shape index (κ2) is 22.1. The number of carboxylic acid groups (broad SMARTS) is 1. The van der Waals surface area contributed by atoms with Crippen molar-refractivity contribution in [1.82, 2.24) is 0 Å². The summed E-state index contributed by atoms with van der Waals surface area (Å²) in [6.45, 7) is 0. The van der Waals surface area contributed by atoms with Crippen molar-refractivity contribution in [2.75, 3.05) is 0 Å². The molecule has 1 fully saturated rings. The van der Waals surface area contributed by atoms with Gasteiger partial charge < -0.3 is 14.6 Å². The fraction of sp³-hybridized carbons (Fsp3) is 0.172. The number of Topliss-reactive ketones (excluding diaryl/α,β-unsaturated/α-hetero) is 2. The summed E-state index contributed by atoms with van der Waals surface area (Å²) in [7, 11) is 0. The molecule has 0 spiro atoms. The summed E-state index contributed by atoms with van der Waals surface area (Å²) in [5.41, 5.74) is 4.59. The van der Waals surface area contributed by atoms with Crippen LogP contribution in [-0.2, 0) is 40.1 Å². The Balaban J connectivity index is 0.973. The van der Waals surface area contributed by atoms with E-state index in [9.17, 15) is 38.3 Å². The van der Waals surface area contributed by atoms with Gasteiger partial charge in [-0.25, -0.2) is 4.39 Å². The average molecular weight is 1000 g/mol. The van der Waals surface area contributed by atoms with Gasteiger partial charge >= 0.3 is 17.9 Å². The van der Waals surface area contributed by atoms with Crippen LogP contribution in [0, 0.1) is 11.7 Å². The van der Waals surface area contributed by atoms with Gasteiger partial charge in [0.25, 0.3) is 0 Å². The van der Waals surface area contributed by atoms with Crippen LogP contribution < -0.4 is 9.47 Å². The molecule has 5 aromatic carbocycles.